The highest BCUT2D eigenvalue weighted by Crippen LogP contribution is 2.29. The number of carbonyl (C=O) groups excluding carboxylic acids is 1. The molecule has 0 saturated heterocycles. The van der Waals surface area contributed by atoms with Crippen molar-refractivity contribution < 1.29 is 18.9 Å². The number of benzene rings is 1. The average molecular weight is 271 g/mol. The molecule has 0 amide bonds. The summed E-state index contributed by atoms with van der Waals surface area (Å²) in [5.74, 6) is 0.131. The van der Waals surface area contributed by atoms with Gasteiger partial charge in [0.1, 0.15) is 11.8 Å². The van der Waals surface area contributed by atoms with Crippen LogP contribution in [0.4, 0.5) is 0 Å². The quantitative estimate of drug-likeness (QED) is 0.613. The molecule has 0 saturated carbocycles. The molecule has 2 atom stereocenters. The van der Waals surface area contributed by atoms with Gasteiger partial charge in [-0.3, -0.25) is 4.79 Å². The van der Waals surface area contributed by atoms with Crippen LogP contribution in [-0.2, 0) is 9.53 Å². The number of esters is 1. The minimum absolute atomic E-state index is 0.179. The first-order valence-electron chi connectivity index (χ1n) is 5.67. The molecule has 100 valence electrons. The van der Waals surface area contributed by atoms with Crippen molar-refractivity contribution in [1.29, 1.82) is 0 Å². The van der Waals surface area contributed by atoms with Gasteiger partial charge in [0, 0.05) is 0 Å². The van der Waals surface area contributed by atoms with Gasteiger partial charge in [0.05, 0.1) is 6.10 Å². The summed E-state index contributed by atoms with van der Waals surface area (Å²) in [5.41, 5.74) is 0. The summed E-state index contributed by atoms with van der Waals surface area (Å²) in [6.07, 6.45) is -0.179. The van der Waals surface area contributed by atoms with Crippen LogP contribution in [0.15, 0.2) is 30.3 Å². The molecule has 2 N–H and O–H groups in total. The Morgan fingerprint density at radius 3 is 2.44 bits per heavy atom. The summed E-state index contributed by atoms with van der Waals surface area (Å²) in [7, 11) is -1.90. The van der Waals surface area contributed by atoms with E-state index < -0.39 is 20.5 Å². The summed E-state index contributed by atoms with van der Waals surface area (Å²) >= 11 is 0. The second kappa shape index (κ2) is 7.31. The van der Waals surface area contributed by atoms with Gasteiger partial charge in [0.2, 0.25) is 0 Å². The van der Waals surface area contributed by atoms with E-state index in [-0.39, 0.29) is 6.10 Å². The fourth-order valence-electron chi connectivity index (χ4n) is 1.16. The predicted octanol–water partition coefficient (Wildman–Crippen LogP) is 2.21. The zero-order chi connectivity index (χ0) is 13.5. The van der Waals surface area contributed by atoms with E-state index >= 15 is 0 Å². The van der Waals surface area contributed by atoms with E-state index in [2.05, 4.69) is 5.09 Å². The van der Waals surface area contributed by atoms with Crippen molar-refractivity contribution in [2.75, 3.05) is 0 Å². The first-order chi connectivity index (χ1) is 8.49. The van der Waals surface area contributed by atoms with E-state index in [4.69, 9.17) is 9.26 Å². The lowest BCUT2D eigenvalue weighted by atomic mass is 10.3. The van der Waals surface area contributed by atoms with Crippen molar-refractivity contribution in [2.45, 2.75) is 32.9 Å². The fraction of sp³-hybridized carbons (Fsp3) is 0.417. The Bertz CT molecular complexity index is 372. The first-order valence-corrected chi connectivity index (χ1v) is 6.89. The molecule has 0 bridgehead atoms. The Balaban J connectivity index is 2.40. The maximum atomic E-state index is 11.5. The number of nitrogens with one attached hydrogen (secondary N) is 1. The summed E-state index contributed by atoms with van der Waals surface area (Å²) < 4.78 is 10.2. The zero-order valence-corrected chi connectivity index (χ0v) is 11.6. The number of hydrogen-bond donors (Lipinski definition) is 2. The molecular formula is C12H18NO4P. The Morgan fingerprint density at radius 1 is 1.28 bits per heavy atom. The molecule has 18 heavy (non-hydrogen) atoms. The van der Waals surface area contributed by atoms with Crippen LogP contribution < -0.4 is 9.61 Å². The molecule has 1 aromatic carbocycles. The molecular weight excluding hydrogens is 253 g/mol. The van der Waals surface area contributed by atoms with Crippen LogP contribution >= 0.6 is 8.53 Å². The normalized spacial score (nSPS) is 14.1. The molecule has 0 heterocycles. The molecule has 0 spiro atoms. The van der Waals surface area contributed by atoms with Crippen molar-refractivity contribution in [3.63, 3.8) is 0 Å². The van der Waals surface area contributed by atoms with Crippen molar-refractivity contribution in [1.82, 2.24) is 5.09 Å². The number of hydrogen-bond acceptors (Lipinski definition) is 5. The van der Waals surface area contributed by atoms with Crippen LogP contribution in [0.25, 0.3) is 0 Å². The first kappa shape index (κ1) is 14.9. The van der Waals surface area contributed by atoms with Gasteiger partial charge < -0.3 is 14.2 Å². The lowest BCUT2D eigenvalue weighted by molar-refractivity contribution is -0.149. The number of carbonyl (C=O) groups is 1. The number of ether oxygens (including phenoxy) is 1. The minimum atomic E-state index is -1.90. The van der Waals surface area contributed by atoms with Crippen LogP contribution in [-0.4, -0.2) is 23.0 Å². The monoisotopic (exact) mass is 271 g/mol. The van der Waals surface area contributed by atoms with Crippen molar-refractivity contribution in [3.8, 4) is 5.75 Å². The highest BCUT2D eigenvalue weighted by Gasteiger charge is 2.20. The molecule has 0 aliphatic carbocycles. The highest BCUT2D eigenvalue weighted by atomic mass is 31.2. The Hall–Kier alpha value is -1.16. The molecule has 0 aliphatic rings. The van der Waals surface area contributed by atoms with Crippen molar-refractivity contribution in [3.05, 3.63) is 30.3 Å². The van der Waals surface area contributed by atoms with Gasteiger partial charge in [0.25, 0.3) is 0 Å². The van der Waals surface area contributed by atoms with Gasteiger partial charge in [-0.25, -0.2) is 5.09 Å². The second-order valence-electron chi connectivity index (χ2n) is 4.01. The third-order valence-corrected chi connectivity index (χ3v) is 2.94. The largest absolute Gasteiger partial charge is 0.462 e. The standard InChI is InChI=1S/C12H18NO4P/c1-9(2)16-12(14)10(3)13-18(15)17-11-7-5-4-6-8-11/h4-10,13,15H,1-3H3. The fourth-order valence-corrected chi connectivity index (χ4v) is 1.97. The minimum Gasteiger partial charge on any atom is -0.462 e. The van der Waals surface area contributed by atoms with Crippen LogP contribution in [0.1, 0.15) is 20.8 Å². The molecule has 6 heteroatoms. The number of rotatable bonds is 6. The van der Waals surface area contributed by atoms with Gasteiger partial charge in [-0.2, -0.15) is 0 Å². The molecule has 5 nitrogen and oxygen atoms in total. The highest BCUT2D eigenvalue weighted by molar-refractivity contribution is 7.44. The van der Waals surface area contributed by atoms with E-state index in [0.29, 0.717) is 5.75 Å². The second-order valence-corrected chi connectivity index (χ2v) is 5.00. The van der Waals surface area contributed by atoms with Crippen LogP contribution in [0.2, 0.25) is 0 Å². The Kier molecular flexibility index (Phi) is 6.05. The van der Waals surface area contributed by atoms with Gasteiger partial charge >= 0.3 is 14.5 Å². The molecule has 0 fully saturated rings. The number of para-hydroxylation sites is 1. The van der Waals surface area contributed by atoms with Gasteiger partial charge in [-0.15, -0.1) is 0 Å². The third kappa shape index (κ3) is 5.45. The summed E-state index contributed by atoms with van der Waals surface area (Å²) in [6.45, 7) is 5.16. The molecule has 0 radical (unpaired) electrons. The van der Waals surface area contributed by atoms with Gasteiger partial charge in [-0.1, -0.05) is 18.2 Å². The summed E-state index contributed by atoms with van der Waals surface area (Å²) in [4.78, 5) is 21.2. The lowest BCUT2D eigenvalue weighted by Crippen LogP contribution is -2.34. The van der Waals surface area contributed by atoms with Crippen LogP contribution in [0.5, 0.6) is 5.75 Å². The summed E-state index contributed by atoms with van der Waals surface area (Å²) in [6, 6.07) is 8.29. The van der Waals surface area contributed by atoms with E-state index in [9.17, 15) is 9.69 Å². The summed E-state index contributed by atoms with van der Waals surface area (Å²) in [5, 5.41) is 2.66. The molecule has 1 rings (SSSR count). The lowest BCUT2D eigenvalue weighted by Gasteiger charge is -2.18. The topological polar surface area (TPSA) is 67.8 Å². The van der Waals surface area contributed by atoms with E-state index in [1.165, 1.54) is 0 Å². The maximum Gasteiger partial charge on any atom is 0.323 e. The maximum absolute atomic E-state index is 11.5. The van der Waals surface area contributed by atoms with Crippen molar-refractivity contribution >= 4 is 14.5 Å². The average Bonchev–Trinajstić information content (AvgIpc) is 2.29. The van der Waals surface area contributed by atoms with Gasteiger partial charge in [-0.05, 0) is 32.9 Å². The van der Waals surface area contributed by atoms with Crippen molar-refractivity contribution in [2.24, 2.45) is 0 Å². The van der Waals surface area contributed by atoms with E-state index in [1.807, 2.05) is 6.07 Å². The van der Waals surface area contributed by atoms with Crippen LogP contribution in [0, 0.1) is 0 Å². The Morgan fingerprint density at radius 2 is 1.89 bits per heavy atom. The molecule has 1 aromatic rings. The third-order valence-electron chi connectivity index (χ3n) is 1.94. The van der Waals surface area contributed by atoms with Crippen LogP contribution in [0.3, 0.4) is 0 Å². The molecule has 2 unspecified atom stereocenters. The zero-order valence-electron chi connectivity index (χ0n) is 10.7. The predicted molar refractivity (Wildman–Crippen MR) is 70.0 cm³/mol. The van der Waals surface area contributed by atoms with Gasteiger partial charge in [0.15, 0.2) is 0 Å². The molecule has 0 aliphatic heterocycles. The Labute approximate surface area is 108 Å². The molecule has 0 aromatic heterocycles. The smallest absolute Gasteiger partial charge is 0.323 e. The SMILES string of the molecule is CC(C)OC(=O)C(C)NP(O)Oc1ccccc1. The van der Waals surface area contributed by atoms with E-state index in [1.54, 1.807) is 45.0 Å². The van der Waals surface area contributed by atoms with E-state index in [0.717, 1.165) is 0 Å².